The fourth-order valence-corrected chi connectivity index (χ4v) is 1.14. The molecular formula is C10H10ClO3-. The summed E-state index contributed by atoms with van der Waals surface area (Å²) >= 11 is 5.75. The van der Waals surface area contributed by atoms with Crippen molar-refractivity contribution in [2.24, 2.45) is 0 Å². The SMILES string of the molecule is Cc1ccc(Cl)cc1OCCC(=O)[O-]. The van der Waals surface area contributed by atoms with E-state index in [2.05, 4.69) is 0 Å². The molecule has 1 aromatic rings. The number of carbonyl (C=O) groups is 1. The fraction of sp³-hybridized carbons (Fsp3) is 0.300. The predicted molar refractivity (Wildman–Crippen MR) is 51.3 cm³/mol. The Labute approximate surface area is 87.3 Å². The van der Waals surface area contributed by atoms with Crippen molar-refractivity contribution >= 4 is 17.6 Å². The lowest BCUT2D eigenvalue weighted by Crippen LogP contribution is -2.24. The summed E-state index contributed by atoms with van der Waals surface area (Å²) in [7, 11) is 0. The number of carbonyl (C=O) groups excluding carboxylic acids is 1. The number of rotatable bonds is 4. The minimum absolute atomic E-state index is 0.101. The van der Waals surface area contributed by atoms with Gasteiger partial charge >= 0.3 is 0 Å². The number of ether oxygens (including phenoxy) is 1. The Hall–Kier alpha value is -1.22. The number of carboxylic acid groups (broad SMARTS) is 1. The van der Waals surface area contributed by atoms with Crippen LogP contribution in [0.2, 0.25) is 5.02 Å². The topological polar surface area (TPSA) is 49.4 Å². The lowest BCUT2D eigenvalue weighted by Gasteiger charge is -2.09. The third kappa shape index (κ3) is 3.26. The molecule has 14 heavy (non-hydrogen) atoms. The van der Waals surface area contributed by atoms with Gasteiger partial charge in [-0.15, -0.1) is 0 Å². The van der Waals surface area contributed by atoms with Gasteiger partial charge in [0.2, 0.25) is 0 Å². The molecule has 0 fully saturated rings. The van der Waals surface area contributed by atoms with Crippen LogP contribution in [0.15, 0.2) is 18.2 Å². The maximum absolute atomic E-state index is 10.1. The van der Waals surface area contributed by atoms with E-state index in [4.69, 9.17) is 16.3 Å². The van der Waals surface area contributed by atoms with Crippen LogP contribution in [0.3, 0.4) is 0 Å². The van der Waals surface area contributed by atoms with E-state index in [1.807, 2.05) is 13.0 Å². The highest BCUT2D eigenvalue weighted by Gasteiger charge is 2.00. The summed E-state index contributed by atoms with van der Waals surface area (Å²) in [6, 6.07) is 5.23. The van der Waals surface area contributed by atoms with E-state index in [-0.39, 0.29) is 13.0 Å². The van der Waals surface area contributed by atoms with Crippen LogP contribution in [0.1, 0.15) is 12.0 Å². The van der Waals surface area contributed by atoms with E-state index in [0.29, 0.717) is 10.8 Å². The van der Waals surface area contributed by atoms with Crippen molar-refractivity contribution in [2.75, 3.05) is 6.61 Å². The first kappa shape index (κ1) is 10.9. The molecule has 0 atom stereocenters. The van der Waals surface area contributed by atoms with Crippen LogP contribution < -0.4 is 9.84 Å². The van der Waals surface area contributed by atoms with Crippen molar-refractivity contribution in [3.05, 3.63) is 28.8 Å². The Kier molecular flexibility index (Phi) is 3.77. The van der Waals surface area contributed by atoms with Crippen LogP contribution >= 0.6 is 11.6 Å². The van der Waals surface area contributed by atoms with Crippen LogP contribution in [0.4, 0.5) is 0 Å². The minimum atomic E-state index is -1.12. The molecule has 0 aromatic heterocycles. The Morgan fingerprint density at radius 3 is 2.93 bits per heavy atom. The third-order valence-electron chi connectivity index (χ3n) is 1.71. The maximum Gasteiger partial charge on any atom is 0.123 e. The smallest absolute Gasteiger partial charge is 0.123 e. The molecule has 4 heteroatoms. The molecule has 0 radical (unpaired) electrons. The quantitative estimate of drug-likeness (QED) is 0.755. The lowest BCUT2D eigenvalue weighted by molar-refractivity contribution is -0.306. The summed E-state index contributed by atoms with van der Waals surface area (Å²) < 4.78 is 5.22. The van der Waals surface area contributed by atoms with E-state index in [1.54, 1.807) is 12.1 Å². The number of aryl methyl sites for hydroxylation is 1. The van der Waals surface area contributed by atoms with Crippen LogP contribution in [-0.2, 0) is 4.79 Å². The summed E-state index contributed by atoms with van der Waals surface area (Å²) in [6.45, 7) is 1.97. The van der Waals surface area contributed by atoms with Crippen LogP contribution in [0, 0.1) is 6.92 Å². The average Bonchev–Trinajstić information content (AvgIpc) is 2.10. The number of carboxylic acids is 1. The zero-order valence-corrected chi connectivity index (χ0v) is 8.50. The molecule has 0 bridgehead atoms. The van der Waals surface area contributed by atoms with E-state index < -0.39 is 5.97 Å². The van der Waals surface area contributed by atoms with Gasteiger partial charge in [0.05, 0.1) is 6.61 Å². The van der Waals surface area contributed by atoms with Gasteiger partial charge in [0.1, 0.15) is 5.75 Å². The van der Waals surface area contributed by atoms with Gasteiger partial charge in [0, 0.05) is 17.4 Å². The Morgan fingerprint density at radius 1 is 1.57 bits per heavy atom. The van der Waals surface area contributed by atoms with Gasteiger partial charge in [-0.05, 0) is 24.6 Å². The molecular weight excluding hydrogens is 204 g/mol. The molecule has 0 spiro atoms. The summed E-state index contributed by atoms with van der Waals surface area (Å²) in [6.07, 6.45) is -0.119. The summed E-state index contributed by atoms with van der Waals surface area (Å²) in [5.74, 6) is -0.511. The fourth-order valence-electron chi connectivity index (χ4n) is 0.974. The monoisotopic (exact) mass is 213 g/mol. The van der Waals surface area contributed by atoms with E-state index >= 15 is 0 Å². The molecule has 76 valence electrons. The molecule has 0 aliphatic carbocycles. The number of aliphatic carboxylic acids is 1. The molecule has 1 aromatic carbocycles. The first-order chi connectivity index (χ1) is 6.59. The second kappa shape index (κ2) is 4.86. The number of hydrogen-bond donors (Lipinski definition) is 0. The first-order valence-electron chi connectivity index (χ1n) is 4.18. The molecule has 0 amide bonds. The van der Waals surface area contributed by atoms with Crippen LogP contribution in [-0.4, -0.2) is 12.6 Å². The van der Waals surface area contributed by atoms with Crippen molar-refractivity contribution in [1.29, 1.82) is 0 Å². The van der Waals surface area contributed by atoms with Crippen molar-refractivity contribution in [1.82, 2.24) is 0 Å². The summed E-state index contributed by atoms with van der Waals surface area (Å²) in [5, 5.41) is 10.7. The number of benzene rings is 1. The highest BCUT2D eigenvalue weighted by molar-refractivity contribution is 6.30. The van der Waals surface area contributed by atoms with Crippen molar-refractivity contribution < 1.29 is 14.6 Å². The number of halogens is 1. The summed E-state index contributed by atoms with van der Waals surface area (Å²) in [4.78, 5) is 10.1. The number of hydrogen-bond acceptors (Lipinski definition) is 3. The third-order valence-corrected chi connectivity index (χ3v) is 1.95. The van der Waals surface area contributed by atoms with Gasteiger partial charge in [-0.2, -0.15) is 0 Å². The first-order valence-corrected chi connectivity index (χ1v) is 4.56. The van der Waals surface area contributed by atoms with Crippen molar-refractivity contribution in [3.63, 3.8) is 0 Å². The average molecular weight is 214 g/mol. The molecule has 0 saturated heterocycles. The molecule has 1 rings (SSSR count). The second-order valence-electron chi connectivity index (χ2n) is 2.88. The highest BCUT2D eigenvalue weighted by atomic mass is 35.5. The van der Waals surface area contributed by atoms with Gasteiger partial charge in [-0.25, -0.2) is 0 Å². The standard InChI is InChI=1S/C10H11ClO3/c1-7-2-3-8(11)6-9(7)14-5-4-10(12)13/h2-3,6H,4-5H2,1H3,(H,12,13)/p-1. The van der Waals surface area contributed by atoms with Gasteiger partial charge in [0.25, 0.3) is 0 Å². The molecule has 0 unspecified atom stereocenters. The summed E-state index contributed by atoms with van der Waals surface area (Å²) in [5.41, 5.74) is 0.924. The van der Waals surface area contributed by atoms with Gasteiger partial charge in [-0.1, -0.05) is 17.7 Å². The molecule has 3 nitrogen and oxygen atoms in total. The van der Waals surface area contributed by atoms with E-state index in [0.717, 1.165) is 5.56 Å². The molecule has 0 aliphatic heterocycles. The lowest BCUT2D eigenvalue weighted by atomic mass is 10.2. The predicted octanol–water partition coefficient (Wildman–Crippen LogP) is 1.17. The normalized spacial score (nSPS) is 9.86. The molecule has 0 N–H and O–H groups in total. The molecule has 0 aliphatic rings. The van der Waals surface area contributed by atoms with Crippen molar-refractivity contribution in [3.8, 4) is 5.75 Å². The Morgan fingerprint density at radius 2 is 2.29 bits per heavy atom. The van der Waals surface area contributed by atoms with E-state index in [1.165, 1.54) is 0 Å². The van der Waals surface area contributed by atoms with Gasteiger partial charge in [-0.3, -0.25) is 0 Å². The molecule has 0 heterocycles. The van der Waals surface area contributed by atoms with Crippen LogP contribution in [0.25, 0.3) is 0 Å². The second-order valence-corrected chi connectivity index (χ2v) is 3.32. The van der Waals surface area contributed by atoms with Crippen molar-refractivity contribution in [2.45, 2.75) is 13.3 Å². The Balaban J connectivity index is 2.57. The Bertz CT molecular complexity index is 336. The van der Waals surface area contributed by atoms with Crippen LogP contribution in [0.5, 0.6) is 5.75 Å². The maximum atomic E-state index is 10.1. The zero-order chi connectivity index (χ0) is 10.6. The highest BCUT2D eigenvalue weighted by Crippen LogP contribution is 2.22. The largest absolute Gasteiger partial charge is 0.550 e. The van der Waals surface area contributed by atoms with E-state index in [9.17, 15) is 9.90 Å². The minimum Gasteiger partial charge on any atom is -0.550 e. The van der Waals surface area contributed by atoms with Gasteiger partial charge < -0.3 is 14.6 Å². The van der Waals surface area contributed by atoms with Gasteiger partial charge in [0.15, 0.2) is 0 Å². The molecule has 0 saturated carbocycles. The zero-order valence-electron chi connectivity index (χ0n) is 7.75.